The zero-order valence-corrected chi connectivity index (χ0v) is 14.4. The Balaban J connectivity index is 2.05. The van der Waals surface area contributed by atoms with Crippen molar-refractivity contribution in [2.24, 2.45) is 5.41 Å². The Morgan fingerprint density at radius 2 is 1.82 bits per heavy atom. The largest absolute Gasteiger partial charge is 0.204 e. The van der Waals surface area contributed by atoms with E-state index < -0.39 is 0 Å². The number of rotatable bonds is 4. The summed E-state index contributed by atoms with van der Waals surface area (Å²) in [7, 11) is 0. The van der Waals surface area contributed by atoms with Crippen LogP contribution in [0.2, 0.25) is 0 Å². The van der Waals surface area contributed by atoms with Crippen LogP contribution in [-0.4, -0.2) is 16.8 Å². The summed E-state index contributed by atoms with van der Waals surface area (Å²) in [4.78, 5) is 0. The van der Waals surface area contributed by atoms with Crippen molar-refractivity contribution in [3.63, 3.8) is 0 Å². The van der Waals surface area contributed by atoms with Gasteiger partial charge in [-0.3, -0.25) is 0 Å². The molecule has 0 amide bonds. The maximum atomic E-state index is 4.31. The minimum atomic E-state index is 0.0782. The third-order valence-corrected chi connectivity index (χ3v) is 4.85. The molecule has 0 saturated heterocycles. The highest BCUT2D eigenvalue weighted by Crippen LogP contribution is 2.38. The first-order valence-corrected chi connectivity index (χ1v) is 8.16. The maximum Gasteiger partial charge on any atom is 0.204 e. The van der Waals surface area contributed by atoms with Gasteiger partial charge in [-0.05, 0) is 38.8 Å². The molecule has 2 rings (SSSR count). The molecule has 0 aromatic carbocycles. The SMILES string of the molecule is C=C1/C(=C\C)[N+](CCCC2=C/C=C\C=C/C=C\2)=C(C)C1(C)C. The molecule has 116 valence electrons. The molecule has 1 aliphatic carbocycles. The van der Waals surface area contributed by atoms with Crippen LogP contribution in [-0.2, 0) is 0 Å². The highest BCUT2D eigenvalue weighted by atomic mass is 15.1. The van der Waals surface area contributed by atoms with Gasteiger partial charge in [0.05, 0.1) is 5.41 Å². The molecule has 1 heteroatoms. The first-order valence-electron chi connectivity index (χ1n) is 8.16. The molecular formula is C21H28N+. The highest BCUT2D eigenvalue weighted by molar-refractivity contribution is 5.89. The summed E-state index contributed by atoms with van der Waals surface area (Å²) in [5, 5.41) is 0. The predicted molar refractivity (Wildman–Crippen MR) is 97.2 cm³/mol. The van der Waals surface area contributed by atoms with Gasteiger partial charge in [0.2, 0.25) is 5.70 Å². The summed E-state index contributed by atoms with van der Waals surface area (Å²) in [6, 6.07) is 0. The van der Waals surface area contributed by atoms with E-state index in [1.807, 2.05) is 0 Å². The van der Waals surface area contributed by atoms with Crippen LogP contribution in [0, 0.1) is 5.41 Å². The molecule has 1 heterocycles. The molecule has 0 unspecified atom stereocenters. The van der Waals surface area contributed by atoms with Gasteiger partial charge < -0.3 is 0 Å². The van der Waals surface area contributed by atoms with Crippen LogP contribution >= 0.6 is 0 Å². The van der Waals surface area contributed by atoms with E-state index in [0.717, 1.165) is 19.4 Å². The molecule has 0 radical (unpaired) electrons. The van der Waals surface area contributed by atoms with Gasteiger partial charge in [-0.15, -0.1) is 0 Å². The van der Waals surface area contributed by atoms with Crippen molar-refractivity contribution in [1.29, 1.82) is 0 Å². The topological polar surface area (TPSA) is 3.01 Å². The Morgan fingerprint density at radius 1 is 1.14 bits per heavy atom. The summed E-state index contributed by atoms with van der Waals surface area (Å²) in [6.07, 6.45) is 19.3. The van der Waals surface area contributed by atoms with E-state index in [0.29, 0.717) is 0 Å². The zero-order valence-electron chi connectivity index (χ0n) is 14.4. The van der Waals surface area contributed by atoms with Crippen LogP contribution in [0.25, 0.3) is 0 Å². The normalized spacial score (nSPS) is 29.0. The summed E-state index contributed by atoms with van der Waals surface area (Å²) in [6.45, 7) is 14.3. The van der Waals surface area contributed by atoms with Crippen LogP contribution in [0.15, 0.2) is 72.0 Å². The van der Waals surface area contributed by atoms with E-state index in [2.05, 4.69) is 87.5 Å². The van der Waals surface area contributed by atoms with E-state index >= 15 is 0 Å². The van der Waals surface area contributed by atoms with E-state index in [4.69, 9.17) is 0 Å². The lowest BCUT2D eigenvalue weighted by molar-refractivity contribution is -0.470. The quantitative estimate of drug-likeness (QED) is 0.615. The molecule has 0 saturated carbocycles. The third kappa shape index (κ3) is 3.30. The molecule has 0 atom stereocenters. The molecule has 0 spiro atoms. The number of hydrogen-bond donors (Lipinski definition) is 0. The standard InChI is InChI=1S/C21H28N/c1-6-20-17(2)21(4,5)18(3)22(20)16-12-15-19-13-10-8-7-9-11-14-19/h6-11,13-14H,2,12,15-16H2,1,3-5H3/q+1/b8-7-,9-7?,10-8?,11-9-,13-10-,14-11?,19-13?,19-14+,20-6+. The van der Waals surface area contributed by atoms with Crippen molar-refractivity contribution < 1.29 is 4.58 Å². The first kappa shape index (κ1) is 16.5. The van der Waals surface area contributed by atoms with Crippen molar-refractivity contribution >= 4 is 5.71 Å². The molecule has 0 bridgehead atoms. The minimum Gasteiger partial charge on any atom is -0.199 e. The number of hydrogen-bond acceptors (Lipinski definition) is 0. The molecule has 0 aromatic rings. The minimum absolute atomic E-state index is 0.0782. The average Bonchev–Trinajstić information content (AvgIpc) is 2.62. The Morgan fingerprint density at radius 3 is 2.55 bits per heavy atom. The fourth-order valence-electron chi connectivity index (χ4n) is 3.05. The fraction of sp³-hybridized carbons (Fsp3) is 0.381. The Labute approximate surface area is 135 Å². The lowest BCUT2D eigenvalue weighted by Crippen LogP contribution is -2.22. The third-order valence-electron chi connectivity index (χ3n) is 4.85. The monoisotopic (exact) mass is 294 g/mol. The van der Waals surface area contributed by atoms with E-state index in [-0.39, 0.29) is 5.41 Å². The van der Waals surface area contributed by atoms with Crippen LogP contribution < -0.4 is 0 Å². The molecule has 1 aliphatic heterocycles. The van der Waals surface area contributed by atoms with Gasteiger partial charge in [-0.1, -0.05) is 49.1 Å². The molecule has 22 heavy (non-hydrogen) atoms. The number of allylic oxidation sites excluding steroid dienone is 10. The van der Waals surface area contributed by atoms with Gasteiger partial charge in [0.1, 0.15) is 6.54 Å². The van der Waals surface area contributed by atoms with Gasteiger partial charge in [-0.2, -0.15) is 4.58 Å². The predicted octanol–water partition coefficient (Wildman–Crippen LogP) is 5.35. The average molecular weight is 294 g/mol. The van der Waals surface area contributed by atoms with Gasteiger partial charge >= 0.3 is 0 Å². The highest BCUT2D eigenvalue weighted by Gasteiger charge is 2.43. The van der Waals surface area contributed by atoms with Crippen molar-refractivity contribution in [3.8, 4) is 0 Å². The van der Waals surface area contributed by atoms with Gasteiger partial charge in [0.15, 0.2) is 5.71 Å². The van der Waals surface area contributed by atoms with Crippen molar-refractivity contribution in [2.45, 2.75) is 40.5 Å². The summed E-state index contributed by atoms with van der Waals surface area (Å²) < 4.78 is 2.45. The van der Waals surface area contributed by atoms with Crippen molar-refractivity contribution in [2.75, 3.05) is 6.54 Å². The van der Waals surface area contributed by atoms with E-state index in [9.17, 15) is 0 Å². The molecule has 0 fully saturated rings. The summed E-state index contributed by atoms with van der Waals surface area (Å²) in [5.74, 6) is 0. The molecule has 2 aliphatic rings. The first-order chi connectivity index (χ1) is 10.5. The zero-order chi connectivity index (χ0) is 16.2. The maximum absolute atomic E-state index is 4.31. The van der Waals surface area contributed by atoms with Crippen LogP contribution in [0.3, 0.4) is 0 Å². The van der Waals surface area contributed by atoms with Crippen LogP contribution in [0.4, 0.5) is 0 Å². The van der Waals surface area contributed by atoms with Crippen LogP contribution in [0.1, 0.15) is 40.5 Å². The van der Waals surface area contributed by atoms with E-state index in [1.54, 1.807) is 0 Å². The molecular weight excluding hydrogens is 266 g/mol. The van der Waals surface area contributed by atoms with Gasteiger partial charge in [-0.25, -0.2) is 0 Å². The van der Waals surface area contributed by atoms with Crippen molar-refractivity contribution in [3.05, 3.63) is 72.0 Å². The Bertz CT molecular complexity index is 631. The van der Waals surface area contributed by atoms with Crippen molar-refractivity contribution in [1.82, 2.24) is 0 Å². The van der Waals surface area contributed by atoms with Crippen LogP contribution in [0.5, 0.6) is 0 Å². The Kier molecular flexibility index (Phi) is 5.18. The summed E-state index contributed by atoms with van der Waals surface area (Å²) in [5.41, 5.74) is 5.42. The molecule has 1 nitrogen and oxygen atoms in total. The fourth-order valence-corrected chi connectivity index (χ4v) is 3.05. The lowest BCUT2D eigenvalue weighted by Gasteiger charge is -2.13. The molecule has 0 N–H and O–H groups in total. The number of nitrogens with zero attached hydrogens (tertiary/aromatic N) is 1. The van der Waals surface area contributed by atoms with Gasteiger partial charge in [0, 0.05) is 18.9 Å². The van der Waals surface area contributed by atoms with E-state index in [1.165, 1.54) is 22.6 Å². The van der Waals surface area contributed by atoms with Gasteiger partial charge in [0.25, 0.3) is 0 Å². The Hall–Kier alpha value is -1.89. The molecule has 0 aromatic heterocycles. The lowest BCUT2D eigenvalue weighted by atomic mass is 9.82. The second-order valence-electron chi connectivity index (χ2n) is 6.49. The second kappa shape index (κ2) is 6.91. The smallest absolute Gasteiger partial charge is 0.199 e. The summed E-state index contributed by atoms with van der Waals surface area (Å²) >= 11 is 0. The second-order valence-corrected chi connectivity index (χ2v) is 6.49.